The first-order chi connectivity index (χ1) is 8.70. The summed E-state index contributed by atoms with van der Waals surface area (Å²) in [6.07, 6.45) is 0. The molecule has 2 aromatic carbocycles. The molecule has 0 radical (unpaired) electrons. The lowest BCUT2D eigenvalue weighted by molar-refractivity contribution is 0.603. The van der Waals surface area contributed by atoms with Gasteiger partial charge < -0.3 is 5.32 Å². The van der Waals surface area contributed by atoms with Gasteiger partial charge in [-0.05, 0) is 41.9 Å². The van der Waals surface area contributed by atoms with Crippen LogP contribution in [0.25, 0.3) is 0 Å². The van der Waals surface area contributed by atoms with Crippen molar-refractivity contribution in [2.45, 2.75) is 13.0 Å². The number of hydrogen-bond donors (Lipinski definition) is 1. The van der Waals surface area contributed by atoms with Gasteiger partial charge >= 0.3 is 0 Å². The molecule has 18 heavy (non-hydrogen) atoms. The molecule has 0 heterocycles. The van der Waals surface area contributed by atoms with E-state index >= 15 is 0 Å². The fraction of sp³-hybridized carbons (Fsp3) is 0.200. The van der Waals surface area contributed by atoms with Crippen LogP contribution in [0.4, 0.5) is 4.39 Å². The first kappa shape index (κ1) is 13.1. The molecule has 2 rings (SSSR count). The number of halogens is 2. The van der Waals surface area contributed by atoms with Crippen molar-refractivity contribution in [2.75, 3.05) is 6.54 Å². The molecule has 1 nitrogen and oxygen atoms in total. The monoisotopic (exact) mass is 263 g/mol. The van der Waals surface area contributed by atoms with Gasteiger partial charge in [0.2, 0.25) is 0 Å². The van der Waals surface area contributed by atoms with Crippen LogP contribution >= 0.6 is 11.6 Å². The van der Waals surface area contributed by atoms with Crippen LogP contribution in [-0.4, -0.2) is 6.54 Å². The Morgan fingerprint density at radius 2 is 1.83 bits per heavy atom. The molecule has 0 aliphatic rings. The Hall–Kier alpha value is -1.38. The lowest BCUT2D eigenvalue weighted by Gasteiger charge is -2.19. The predicted octanol–water partition coefficient (Wildman–Crippen LogP) is 4.18. The highest BCUT2D eigenvalue weighted by atomic mass is 35.5. The van der Waals surface area contributed by atoms with E-state index in [-0.39, 0.29) is 11.9 Å². The van der Waals surface area contributed by atoms with Crippen LogP contribution in [0.15, 0.2) is 48.5 Å². The van der Waals surface area contributed by atoms with Gasteiger partial charge in [-0.2, -0.15) is 0 Å². The maximum absolute atomic E-state index is 13.3. The molecule has 0 saturated heterocycles. The molecule has 1 atom stereocenters. The quantitative estimate of drug-likeness (QED) is 0.873. The maximum atomic E-state index is 13.3. The minimum atomic E-state index is -0.218. The topological polar surface area (TPSA) is 12.0 Å². The lowest BCUT2D eigenvalue weighted by Crippen LogP contribution is -2.22. The van der Waals surface area contributed by atoms with Crippen LogP contribution in [-0.2, 0) is 0 Å². The highest BCUT2D eigenvalue weighted by molar-refractivity contribution is 6.30. The van der Waals surface area contributed by atoms with Gasteiger partial charge in [0.1, 0.15) is 5.82 Å². The van der Waals surface area contributed by atoms with Crippen molar-refractivity contribution in [2.24, 2.45) is 0 Å². The van der Waals surface area contributed by atoms with Crippen LogP contribution in [0, 0.1) is 5.82 Å². The van der Waals surface area contributed by atoms with E-state index in [2.05, 4.69) is 5.32 Å². The predicted molar refractivity (Wildman–Crippen MR) is 73.4 cm³/mol. The van der Waals surface area contributed by atoms with E-state index in [1.807, 2.05) is 37.3 Å². The zero-order chi connectivity index (χ0) is 13.0. The summed E-state index contributed by atoms with van der Waals surface area (Å²) in [5.41, 5.74) is 1.99. The molecule has 2 aromatic rings. The zero-order valence-corrected chi connectivity index (χ0v) is 10.9. The van der Waals surface area contributed by atoms with E-state index in [9.17, 15) is 4.39 Å². The fourth-order valence-corrected chi connectivity index (χ4v) is 2.10. The van der Waals surface area contributed by atoms with Crippen molar-refractivity contribution in [3.63, 3.8) is 0 Å². The van der Waals surface area contributed by atoms with Gasteiger partial charge in [-0.1, -0.05) is 42.8 Å². The molecule has 3 heteroatoms. The molecule has 0 amide bonds. The molecule has 0 spiro atoms. The molecule has 0 aliphatic carbocycles. The van der Waals surface area contributed by atoms with Crippen molar-refractivity contribution in [3.8, 4) is 0 Å². The second-order valence-electron chi connectivity index (χ2n) is 4.10. The zero-order valence-electron chi connectivity index (χ0n) is 10.2. The third-order valence-corrected chi connectivity index (χ3v) is 3.05. The van der Waals surface area contributed by atoms with Crippen molar-refractivity contribution in [3.05, 3.63) is 70.5 Å². The minimum Gasteiger partial charge on any atom is -0.307 e. The summed E-state index contributed by atoms with van der Waals surface area (Å²) in [6.45, 7) is 2.84. The Balaban J connectivity index is 2.36. The van der Waals surface area contributed by atoms with Crippen molar-refractivity contribution < 1.29 is 4.39 Å². The SMILES string of the molecule is CCNC(c1ccc(Cl)cc1)c1cccc(F)c1. The average Bonchev–Trinajstić information content (AvgIpc) is 2.37. The highest BCUT2D eigenvalue weighted by Gasteiger charge is 2.13. The molecule has 1 N–H and O–H groups in total. The summed E-state index contributed by atoms with van der Waals surface area (Å²) in [5.74, 6) is -0.218. The smallest absolute Gasteiger partial charge is 0.123 e. The minimum absolute atomic E-state index is 0.0111. The van der Waals surface area contributed by atoms with Crippen molar-refractivity contribution in [1.29, 1.82) is 0 Å². The van der Waals surface area contributed by atoms with Gasteiger partial charge in [0.05, 0.1) is 6.04 Å². The third kappa shape index (κ3) is 3.09. The molecule has 0 fully saturated rings. The van der Waals surface area contributed by atoms with E-state index in [1.165, 1.54) is 6.07 Å². The van der Waals surface area contributed by atoms with Crippen molar-refractivity contribution >= 4 is 11.6 Å². The molecule has 0 aromatic heterocycles. The highest BCUT2D eigenvalue weighted by Crippen LogP contribution is 2.23. The first-order valence-electron chi connectivity index (χ1n) is 5.95. The number of hydrogen-bond acceptors (Lipinski definition) is 1. The van der Waals surface area contributed by atoms with Crippen LogP contribution < -0.4 is 5.32 Å². The summed E-state index contributed by atoms with van der Waals surface area (Å²) in [6, 6.07) is 14.3. The second kappa shape index (κ2) is 5.98. The van der Waals surface area contributed by atoms with Gasteiger partial charge in [0.15, 0.2) is 0 Å². The molecular formula is C15H15ClFN. The summed E-state index contributed by atoms with van der Waals surface area (Å²) in [4.78, 5) is 0. The largest absolute Gasteiger partial charge is 0.307 e. The van der Waals surface area contributed by atoms with Crippen LogP contribution in [0.1, 0.15) is 24.1 Å². The maximum Gasteiger partial charge on any atom is 0.123 e. The number of benzene rings is 2. The number of nitrogens with one attached hydrogen (secondary N) is 1. The van der Waals surface area contributed by atoms with Gasteiger partial charge in [-0.15, -0.1) is 0 Å². The third-order valence-electron chi connectivity index (χ3n) is 2.79. The summed E-state index contributed by atoms with van der Waals surface area (Å²) >= 11 is 5.88. The Kier molecular flexibility index (Phi) is 4.34. The molecule has 0 aliphatic heterocycles. The van der Waals surface area contributed by atoms with Crippen LogP contribution in [0.3, 0.4) is 0 Å². The van der Waals surface area contributed by atoms with Gasteiger partial charge in [0, 0.05) is 5.02 Å². The Labute approximate surface area is 112 Å². The standard InChI is InChI=1S/C15H15ClFN/c1-2-18-15(11-6-8-13(16)9-7-11)12-4-3-5-14(17)10-12/h3-10,15,18H,2H2,1H3. The van der Waals surface area contributed by atoms with E-state index in [0.717, 1.165) is 17.7 Å². The molecular weight excluding hydrogens is 249 g/mol. The molecule has 0 bridgehead atoms. The summed E-state index contributed by atoms with van der Waals surface area (Å²) in [5, 5.41) is 4.05. The van der Waals surface area contributed by atoms with E-state index in [0.29, 0.717) is 5.02 Å². The average molecular weight is 264 g/mol. The van der Waals surface area contributed by atoms with E-state index in [4.69, 9.17) is 11.6 Å². The molecule has 94 valence electrons. The first-order valence-corrected chi connectivity index (χ1v) is 6.33. The lowest BCUT2D eigenvalue weighted by atomic mass is 9.98. The van der Waals surface area contributed by atoms with Gasteiger partial charge in [-0.3, -0.25) is 0 Å². The van der Waals surface area contributed by atoms with E-state index < -0.39 is 0 Å². The van der Waals surface area contributed by atoms with Gasteiger partial charge in [-0.25, -0.2) is 4.39 Å². The molecule has 0 saturated carbocycles. The van der Waals surface area contributed by atoms with Crippen LogP contribution in [0.2, 0.25) is 5.02 Å². The Morgan fingerprint density at radius 3 is 2.44 bits per heavy atom. The summed E-state index contributed by atoms with van der Waals surface area (Å²) < 4.78 is 13.3. The molecule has 1 unspecified atom stereocenters. The Morgan fingerprint density at radius 1 is 1.11 bits per heavy atom. The number of rotatable bonds is 4. The fourth-order valence-electron chi connectivity index (χ4n) is 1.97. The summed E-state index contributed by atoms with van der Waals surface area (Å²) in [7, 11) is 0. The van der Waals surface area contributed by atoms with Crippen molar-refractivity contribution in [1.82, 2.24) is 5.32 Å². The van der Waals surface area contributed by atoms with Crippen LogP contribution in [0.5, 0.6) is 0 Å². The second-order valence-corrected chi connectivity index (χ2v) is 4.53. The van der Waals surface area contributed by atoms with E-state index in [1.54, 1.807) is 12.1 Å². The van der Waals surface area contributed by atoms with Gasteiger partial charge in [0.25, 0.3) is 0 Å². The normalized spacial score (nSPS) is 12.4. The Bertz CT molecular complexity index is 510.